The smallest absolute Gasteiger partial charge is 0.281 e. The molecule has 0 unspecified atom stereocenters. The van der Waals surface area contributed by atoms with E-state index in [9.17, 15) is 4.79 Å². The Kier molecular flexibility index (Phi) is 4.90. The predicted octanol–water partition coefficient (Wildman–Crippen LogP) is 3.30. The number of carbonyl (C=O) groups is 1. The molecule has 1 N–H and O–H groups in total. The van der Waals surface area contributed by atoms with Crippen LogP contribution in [0.5, 0.6) is 5.75 Å². The van der Waals surface area contributed by atoms with Gasteiger partial charge in [0.05, 0.1) is 17.2 Å². The van der Waals surface area contributed by atoms with E-state index in [1.807, 2.05) is 49.6 Å². The fraction of sp³-hybridized carbons (Fsp3) is 0.200. The number of hydrogen-bond acceptors (Lipinski definition) is 4. The molecule has 2 aromatic rings. The van der Waals surface area contributed by atoms with Gasteiger partial charge in [0.1, 0.15) is 5.75 Å². The molecule has 0 spiro atoms. The standard InChI is InChI=1S/C15H16N2O2S/c1-11(2)19-13-7-5-12(6-8-13)10-16-17-15(18)14-4-3-9-20-14/h3-11H,1-2H3,(H,17,18)/b16-10+. The molecule has 1 amide bonds. The Bertz CT molecular complexity index is 574. The summed E-state index contributed by atoms with van der Waals surface area (Å²) in [6.07, 6.45) is 1.75. The van der Waals surface area contributed by atoms with E-state index in [1.54, 1.807) is 12.3 Å². The van der Waals surface area contributed by atoms with Crippen molar-refractivity contribution in [1.29, 1.82) is 0 Å². The monoisotopic (exact) mass is 288 g/mol. The molecule has 0 aliphatic heterocycles. The summed E-state index contributed by atoms with van der Waals surface area (Å²) in [4.78, 5) is 12.3. The Morgan fingerprint density at radius 1 is 1.30 bits per heavy atom. The maximum absolute atomic E-state index is 11.6. The van der Waals surface area contributed by atoms with Crippen LogP contribution < -0.4 is 10.2 Å². The minimum atomic E-state index is -0.198. The molecule has 0 radical (unpaired) electrons. The number of carbonyl (C=O) groups excluding carboxylic acids is 1. The minimum Gasteiger partial charge on any atom is -0.491 e. The fourth-order valence-corrected chi connectivity index (χ4v) is 2.15. The van der Waals surface area contributed by atoms with Gasteiger partial charge in [0, 0.05) is 0 Å². The van der Waals surface area contributed by atoms with Crippen molar-refractivity contribution in [3.63, 3.8) is 0 Å². The van der Waals surface area contributed by atoms with Crippen LogP contribution in [-0.2, 0) is 0 Å². The molecule has 0 saturated carbocycles. The van der Waals surface area contributed by atoms with Crippen LogP contribution in [0.15, 0.2) is 46.9 Å². The number of hydrogen-bond donors (Lipinski definition) is 1. The summed E-state index contributed by atoms with van der Waals surface area (Å²) < 4.78 is 5.55. The molecule has 20 heavy (non-hydrogen) atoms. The average Bonchev–Trinajstić information content (AvgIpc) is 2.94. The number of nitrogens with one attached hydrogen (secondary N) is 1. The first-order valence-electron chi connectivity index (χ1n) is 6.29. The molecule has 1 aromatic heterocycles. The third-order valence-electron chi connectivity index (χ3n) is 2.38. The maximum Gasteiger partial charge on any atom is 0.281 e. The Balaban J connectivity index is 1.89. The van der Waals surface area contributed by atoms with Crippen molar-refractivity contribution in [2.75, 3.05) is 0 Å². The zero-order chi connectivity index (χ0) is 14.4. The van der Waals surface area contributed by atoms with Gasteiger partial charge in [0.25, 0.3) is 5.91 Å². The lowest BCUT2D eigenvalue weighted by Gasteiger charge is -2.09. The first-order chi connectivity index (χ1) is 9.65. The normalized spacial score (nSPS) is 10.9. The van der Waals surface area contributed by atoms with E-state index in [-0.39, 0.29) is 12.0 Å². The lowest BCUT2D eigenvalue weighted by atomic mass is 10.2. The molecule has 0 aliphatic rings. The molecule has 1 aromatic carbocycles. The van der Waals surface area contributed by atoms with E-state index >= 15 is 0 Å². The molecule has 0 saturated heterocycles. The zero-order valence-corrected chi connectivity index (χ0v) is 12.2. The highest BCUT2D eigenvalue weighted by Gasteiger charge is 2.03. The molecule has 2 rings (SSSR count). The van der Waals surface area contributed by atoms with Gasteiger partial charge < -0.3 is 4.74 Å². The number of ether oxygens (including phenoxy) is 1. The molecule has 0 atom stereocenters. The van der Waals surface area contributed by atoms with E-state index in [4.69, 9.17) is 4.74 Å². The van der Waals surface area contributed by atoms with Crippen molar-refractivity contribution >= 4 is 23.5 Å². The van der Waals surface area contributed by atoms with Crippen molar-refractivity contribution < 1.29 is 9.53 Å². The molecule has 4 nitrogen and oxygen atoms in total. The number of rotatable bonds is 5. The molecule has 0 bridgehead atoms. The van der Waals surface area contributed by atoms with Gasteiger partial charge >= 0.3 is 0 Å². The van der Waals surface area contributed by atoms with Crippen molar-refractivity contribution in [2.45, 2.75) is 20.0 Å². The van der Waals surface area contributed by atoms with Gasteiger partial charge in [0.15, 0.2) is 0 Å². The Morgan fingerprint density at radius 3 is 2.65 bits per heavy atom. The average molecular weight is 288 g/mol. The molecule has 5 heteroatoms. The lowest BCUT2D eigenvalue weighted by Crippen LogP contribution is -2.16. The molecular weight excluding hydrogens is 272 g/mol. The number of thiophene rings is 1. The molecule has 1 heterocycles. The summed E-state index contributed by atoms with van der Waals surface area (Å²) in [5.74, 6) is 0.621. The Labute approximate surface area is 122 Å². The summed E-state index contributed by atoms with van der Waals surface area (Å²) >= 11 is 1.38. The molecule has 0 aliphatic carbocycles. The van der Waals surface area contributed by atoms with Gasteiger partial charge in [-0.1, -0.05) is 6.07 Å². The largest absolute Gasteiger partial charge is 0.491 e. The predicted molar refractivity (Wildman–Crippen MR) is 81.6 cm³/mol. The van der Waals surface area contributed by atoms with Gasteiger partial charge in [-0.3, -0.25) is 4.79 Å². The van der Waals surface area contributed by atoms with Crippen LogP contribution in [0.1, 0.15) is 29.1 Å². The van der Waals surface area contributed by atoms with E-state index < -0.39 is 0 Å². The fourth-order valence-electron chi connectivity index (χ4n) is 1.53. The molecular formula is C15H16N2O2S. The number of benzene rings is 1. The van der Waals surface area contributed by atoms with E-state index in [0.717, 1.165) is 11.3 Å². The first-order valence-corrected chi connectivity index (χ1v) is 7.17. The highest BCUT2D eigenvalue weighted by Crippen LogP contribution is 2.12. The third-order valence-corrected chi connectivity index (χ3v) is 3.25. The topological polar surface area (TPSA) is 50.7 Å². The van der Waals surface area contributed by atoms with Crippen LogP contribution in [-0.4, -0.2) is 18.2 Å². The first kappa shape index (κ1) is 14.3. The number of nitrogens with zero attached hydrogens (tertiary/aromatic N) is 1. The van der Waals surface area contributed by atoms with Gasteiger partial charge in [-0.15, -0.1) is 11.3 Å². The summed E-state index contributed by atoms with van der Waals surface area (Å²) in [6, 6.07) is 11.1. The van der Waals surface area contributed by atoms with E-state index in [2.05, 4.69) is 10.5 Å². The Hall–Kier alpha value is -2.14. The zero-order valence-electron chi connectivity index (χ0n) is 11.4. The van der Waals surface area contributed by atoms with Crippen molar-refractivity contribution in [1.82, 2.24) is 5.43 Å². The molecule has 0 fully saturated rings. The summed E-state index contributed by atoms with van der Waals surface area (Å²) in [6.45, 7) is 3.96. The van der Waals surface area contributed by atoms with Crippen molar-refractivity contribution in [3.8, 4) is 5.75 Å². The quantitative estimate of drug-likeness (QED) is 0.678. The SMILES string of the molecule is CC(C)Oc1ccc(/C=N/NC(=O)c2cccs2)cc1. The minimum absolute atomic E-state index is 0.152. The highest BCUT2D eigenvalue weighted by molar-refractivity contribution is 7.12. The van der Waals surface area contributed by atoms with Gasteiger partial charge in [-0.25, -0.2) is 5.43 Å². The van der Waals surface area contributed by atoms with Crippen LogP contribution >= 0.6 is 11.3 Å². The molecule has 104 valence electrons. The van der Waals surface area contributed by atoms with Gasteiger partial charge in [-0.05, 0) is 55.1 Å². The summed E-state index contributed by atoms with van der Waals surface area (Å²) in [5, 5.41) is 5.78. The number of amides is 1. The van der Waals surface area contributed by atoms with Crippen molar-refractivity contribution in [3.05, 3.63) is 52.2 Å². The van der Waals surface area contributed by atoms with Crippen LogP contribution in [0.2, 0.25) is 0 Å². The third kappa shape index (κ3) is 4.20. The second-order valence-electron chi connectivity index (χ2n) is 4.41. The summed E-state index contributed by atoms with van der Waals surface area (Å²) in [5.41, 5.74) is 3.39. The van der Waals surface area contributed by atoms with Gasteiger partial charge in [-0.2, -0.15) is 5.10 Å². The number of hydrazone groups is 1. The van der Waals surface area contributed by atoms with Crippen LogP contribution in [0, 0.1) is 0 Å². The maximum atomic E-state index is 11.6. The van der Waals surface area contributed by atoms with Gasteiger partial charge in [0.2, 0.25) is 0 Å². The Morgan fingerprint density at radius 2 is 2.05 bits per heavy atom. The lowest BCUT2D eigenvalue weighted by molar-refractivity contribution is 0.0959. The van der Waals surface area contributed by atoms with E-state index in [0.29, 0.717) is 4.88 Å². The van der Waals surface area contributed by atoms with Crippen LogP contribution in [0.4, 0.5) is 0 Å². The second kappa shape index (κ2) is 6.86. The second-order valence-corrected chi connectivity index (χ2v) is 5.36. The van der Waals surface area contributed by atoms with Crippen LogP contribution in [0.3, 0.4) is 0 Å². The summed E-state index contributed by atoms with van der Waals surface area (Å²) in [7, 11) is 0. The van der Waals surface area contributed by atoms with E-state index in [1.165, 1.54) is 11.3 Å². The van der Waals surface area contributed by atoms with Crippen LogP contribution in [0.25, 0.3) is 0 Å². The van der Waals surface area contributed by atoms with Crippen molar-refractivity contribution in [2.24, 2.45) is 5.10 Å². The highest BCUT2D eigenvalue weighted by atomic mass is 32.1.